The summed E-state index contributed by atoms with van der Waals surface area (Å²) >= 11 is 0. The van der Waals surface area contributed by atoms with E-state index in [2.05, 4.69) is 49.1 Å². The van der Waals surface area contributed by atoms with Crippen LogP contribution in [-0.2, 0) is 6.42 Å². The summed E-state index contributed by atoms with van der Waals surface area (Å²) in [6.45, 7) is 5.70. The van der Waals surface area contributed by atoms with Crippen LogP contribution in [0.1, 0.15) is 38.7 Å². The molecule has 1 saturated heterocycles. The summed E-state index contributed by atoms with van der Waals surface area (Å²) in [5.74, 6) is 0. The Labute approximate surface area is 111 Å². The Hall–Kier alpha value is -0.860. The Bertz CT molecular complexity index is 339. The summed E-state index contributed by atoms with van der Waals surface area (Å²) in [5.41, 5.74) is 7.67. The smallest absolute Gasteiger partial charge is 0.0208 e. The van der Waals surface area contributed by atoms with Crippen LogP contribution in [0.5, 0.6) is 0 Å². The molecule has 2 nitrogen and oxygen atoms in total. The molecule has 1 aromatic carbocycles. The molecule has 2 N–H and O–H groups in total. The zero-order valence-corrected chi connectivity index (χ0v) is 11.7. The minimum Gasteiger partial charge on any atom is -0.326 e. The number of hydrogen-bond donors (Lipinski definition) is 1. The van der Waals surface area contributed by atoms with Crippen molar-refractivity contribution in [2.24, 2.45) is 5.73 Å². The summed E-state index contributed by atoms with van der Waals surface area (Å²) in [5, 5.41) is 0. The topological polar surface area (TPSA) is 29.3 Å². The number of likely N-dealkylation sites (tertiary alicyclic amines) is 1. The van der Waals surface area contributed by atoms with Gasteiger partial charge >= 0.3 is 0 Å². The molecule has 0 amide bonds. The lowest BCUT2D eigenvalue weighted by Crippen LogP contribution is -2.49. The lowest BCUT2D eigenvalue weighted by atomic mass is 9.96. The zero-order valence-electron chi connectivity index (χ0n) is 11.7. The van der Waals surface area contributed by atoms with Crippen molar-refractivity contribution in [2.75, 3.05) is 6.54 Å². The van der Waals surface area contributed by atoms with Gasteiger partial charge in [0.25, 0.3) is 0 Å². The second-order valence-electron chi connectivity index (χ2n) is 5.78. The minimum atomic E-state index is 0.246. The Kier molecular flexibility index (Phi) is 4.79. The van der Waals surface area contributed by atoms with Crippen molar-refractivity contribution in [1.29, 1.82) is 0 Å². The Morgan fingerprint density at radius 3 is 2.39 bits per heavy atom. The van der Waals surface area contributed by atoms with Gasteiger partial charge in [-0.05, 0) is 38.7 Å². The van der Waals surface area contributed by atoms with E-state index in [4.69, 9.17) is 5.73 Å². The van der Waals surface area contributed by atoms with Gasteiger partial charge in [-0.15, -0.1) is 0 Å². The largest absolute Gasteiger partial charge is 0.326 e. The third-order valence-corrected chi connectivity index (χ3v) is 4.16. The predicted molar refractivity (Wildman–Crippen MR) is 77.6 cm³/mol. The molecule has 1 fully saturated rings. The fourth-order valence-electron chi connectivity index (χ4n) is 3.09. The van der Waals surface area contributed by atoms with E-state index in [-0.39, 0.29) is 6.04 Å². The van der Waals surface area contributed by atoms with Gasteiger partial charge in [-0.1, -0.05) is 36.8 Å². The van der Waals surface area contributed by atoms with E-state index >= 15 is 0 Å². The summed E-state index contributed by atoms with van der Waals surface area (Å²) in [4.78, 5) is 2.59. The molecule has 0 saturated carbocycles. The lowest BCUT2D eigenvalue weighted by molar-refractivity contribution is 0.0961. The second kappa shape index (κ2) is 6.35. The van der Waals surface area contributed by atoms with E-state index in [1.807, 2.05) is 0 Å². The van der Waals surface area contributed by atoms with Gasteiger partial charge in [0.15, 0.2) is 0 Å². The summed E-state index contributed by atoms with van der Waals surface area (Å²) in [7, 11) is 0. The van der Waals surface area contributed by atoms with Gasteiger partial charge in [-0.25, -0.2) is 0 Å². The van der Waals surface area contributed by atoms with Crippen LogP contribution >= 0.6 is 0 Å². The van der Waals surface area contributed by atoms with Gasteiger partial charge in [-0.3, -0.25) is 4.90 Å². The number of nitrogens with two attached hydrogens (primary N) is 1. The highest BCUT2D eigenvalue weighted by Crippen LogP contribution is 2.22. The van der Waals surface area contributed by atoms with Crippen molar-refractivity contribution in [3.05, 3.63) is 35.9 Å². The first-order valence-electron chi connectivity index (χ1n) is 7.22. The predicted octanol–water partition coefficient (Wildman–Crippen LogP) is 2.82. The number of nitrogens with zero attached hydrogens (tertiary/aromatic N) is 1. The summed E-state index contributed by atoms with van der Waals surface area (Å²) in [6, 6.07) is 12.2. The molecule has 1 aliphatic heterocycles. The van der Waals surface area contributed by atoms with Crippen LogP contribution < -0.4 is 5.73 Å². The van der Waals surface area contributed by atoms with Gasteiger partial charge < -0.3 is 5.73 Å². The SMILES string of the molecule is CC1CCCC(C)N1CC(N)Cc1ccccc1. The quantitative estimate of drug-likeness (QED) is 0.885. The molecule has 0 aromatic heterocycles. The molecular formula is C16H26N2. The lowest BCUT2D eigenvalue weighted by Gasteiger charge is -2.40. The molecule has 1 heterocycles. The standard InChI is InChI=1S/C16H26N2/c1-13-7-6-8-14(2)18(13)12-16(17)11-15-9-4-3-5-10-15/h3-5,9-10,13-14,16H,6-8,11-12,17H2,1-2H3. The van der Waals surface area contributed by atoms with Crippen LogP contribution in [-0.4, -0.2) is 29.6 Å². The maximum Gasteiger partial charge on any atom is 0.0208 e. The van der Waals surface area contributed by atoms with Gasteiger partial charge in [0.05, 0.1) is 0 Å². The highest BCUT2D eigenvalue weighted by molar-refractivity contribution is 5.15. The van der Waals surface area contributed by atoms with Gasteiger partial charge in [0.2, 0.25) is 0 Å². The van der Waals surface area contributed by atoms with Crippen molar-refractivity contribution >= 4 is 0 Å². The van der Waals surface area contributed by atoms with Crippen molar-refractivity contribution in [1.82, 2.24) is 4.90 Å². The second-order valence-corrected chi connectivity index (χ2v) is 5.78. The normalized spacial score (nSPS) is 27.1. The average molecular weight is 246 g/mol. The molecule has 0 spiro atoms. The van der Waals surface area contributed by atoms with E-state index in [0.29, 0.717) is 12.1 Å². The first-order chi connectivity index (χ1) is 8.66. The maximum absolute atomic E-state index is 6.32. The fourth-order valence-corrected chi connectivity index (χ4v) is 3.09. The molecule has 100 valence electrons. The first kappa shape index (κ1) is 13.6. The van der Waals surface area contributed by atoms with Crippen LogP contribution in [0.2, 0.25) is 0 Å². The van der Waals surface area contributed by atoms with E-state index < -0.39 is 0 Å². The maximum atomic E-state index is 6.32. The third-order valence-electron chi connectivity index (χ3n) is 4.16. The van der Waals surface area contributed by atoms with E-state index in [0.717, 1.165) is 13.0 Å². The monoisotopic (exact) mass is 246 g/mol. The van der Waals surface area contributed by atoms with Crippen molar-refractivity contribution in [3.8, 4) is 0 Å². The Balaban J connectivity index is 1.88. The molecule has 1 aromatic rings. The molecule has 3 atom stereocenters. The van der Waals surface area contributed by atoms with E-state index in [1.165, 1.54) is 24.8 Å². The summed E-state index contributed by atoms with van der Waals surface area (Å²) in [6.07, 6.45) is 4.99. The molecule has 2 rings (SSSR count). The highest BCUT2D eigenvalue weighted by Gasteiger charge is 2.25. The molecule has 2 heteroatoms. The molecule has 0 radical (unpaired) electrons. The molecular weight excluding hydrogens is 220 g/mol. The van der Waals surface area contributed by atoms with Crippen LogP contribution in [0, 0.1) is 0 Å². The third kappa shape index (κ3) is 3.56. The van der Waals surface area contributed by atoms with Crippen molar-refractivity contribution in [2.45, 2.75) is 57.7 Å². The Morgan fingerprint density at radius 2 is 1.78 bits per heavy atom. The van der Waals surface area contributed by atoms with Gasteiger partial charge in [0, 0.05) is 24.7 Å². The number of hydrogen-bond acceptors (Lipinski definition) is 2. The first-order valence-corrected chi connectivity index (χ1v) is 7.22. The number of rotatable bonds is 4. The zero-order chi connectivity index (χ0) is 13.0. The van der Waals surface area contributed by atoms with Gasteiger partial charge in [0.1, 0.15) is 0 Å². The highest BCUT2D eigenvalue weighted by atomic mass is 15.2. The molecule has 1 aliphatic rings. The van der Waals surface area contributed by atoms with Gasteiger partial charge in [-0.2, -0.15) is 0 Å². The summed E-state index contributed by atoms with van der Waals surface area (Å²) < 4.78 is 0. The van der Waals surface area contributed by atoms with E-state index in [9.17, 15) is 0 Å². The molecule has 3 unspecified atom stereocenters. The van der Waals surface area contributed by atoms with Crippen molar-refractivity contribution < 1.29 is 0 Å². The van der Waals surface area contributed by atoms with Crippen LogP contribution in [0.3, 0.4) is 0 Å². The van der Waals surface area contributed by atoms with E-state index in [1.54, 1.807) is 0 Å². The average Bonchev–Trinajstić information content (AvgIpc) is 2.35. The Morgan fingerprint density at radius 1 is 1.17 bits per heavy atom. The van der Waals surface area contributed by atoms with Crippen LogP contribution in [0.4, 0.5) is 0 Å². The number of piperidine rings is 1. The van der Waals surface area contributed by atoms with Crippen LogP contribution in [0.25, 0.3) is 0 Å². The molecule has 18 heavy (non-hydrogen) atoms. The van der Waals surface area contributed by atoms with Crippen LogP contribution in [0.15, 0.2) is 30.3 Å². The number of benzene rings is 1. The molecule has 0 bridgehead atoms. The molecule has 0 aliphatic carbocycles. The fraction of sp³-hybridized carbons (Fsp3) is 0.625. The minimum absolute atomic E-state index is 0.246. The van der Waals surface area contributed by atoms with Crippen molar-refractivity contribution in [3.63, 3.8) is 0 Å².